The molecule has 7 rings (SSSR count). The summed E-state index contributed by atoms with van der Waals surface area (Å²) in [6, 6.07) is 37.5. The first-order chi connectivity index (χ1) is 27.4. The van der Waals surface area contributed by atoms with Crippen LogP contribution < -0.4 is 16.3 Å². The van der Waals surface area contributed by atoms with Crippen molar-refractivity contribution in [2.45, 2.75) is 69.2 Å². The van der Waals surface area contributed by atoms with Crippen LogP contribution in [0.4, 0.5) is 17.1 Å². The molecule has 0 aliphatic rings. The fourth-order valence-corrected chi connectivity index (χ4v) is 9.40. The van der Waals surface area contributed by atoms with E-state index in [4.69, 9.17) is 21.3 Å². The molecule has 7 aromatic rings. The predicted octanol–water partition coefficient (Wildman–Crippen LogP) is 12.9. The quantitative estimate of drug-likeness (QED) is 0.122. The second-order valence-electron chi connectivity index (χ2n) is 15.2. The standard InChI is InChI=1S/C24H27NO.2C13H13NO.Al/c1-15-11-17(3)23(18(4)12-15)25(21-7-9-22(26)10-8-21)24-19(5)13-16(2)14-20(24)6;2*1-9-5-3-7-11(15)12(9)13-10(2)6-4-8-14-13;/h7-14,26H,1-6H3;2*3-8,15H,1-2H3;/q;;;+3/p-3. The molecule has 0 bridgehead atoms. The van der Waals surface area contributed by atoms with E-state index in [1.807, 2.05) is 60.9 Å². The predicted molar refractivity (Wildman–Crippen MR) is 235 cm³/mol. The monoisotopic (exact) mass is 767 g/mol. The van der Waals surface area contributed by atoms with E-state index in [9.17, 15) is 0 Å². The molecule has 0 N–H and O–H groups in total. The first-order valence-electron chi connectivity index (χ1n) is 19.5. The van der Waals surface area contributed by atoms with Crippen LogP contribution in [-0.4, -0.2) is 25.1 Å². The fourth-order valence-electron chi connectivity index (χ4n) is 8.06. The normalized spacial score (nSPS) is 11.0. The topological polar surface area (TPSA) is 56.7 Å². The summed E-state index contributed by atoms with van der Waals surface area (Å²) in [7, 11) is 0. The molecular formula is C50H50AlN3O3. The van der Waals surface area contributed by atoms with E-state index in [2.05, 4.69) is 135 Å². The Morgan fingerprint density at radius 3 is 1.23 bits per heavy atom. The molecule has 7 heteroatoms. The molecule has 6 nitrogen and oxygen atoms in total. The van der Waals surface area contributed by atoms with Gasteiger partial charge in [0, 0.05) is 29.2 Å². The Kier molecular flexibility index (Phi) is 11.5. The molecular weight excluding hydrogens is 718 g/mol. The Morgan fingerprint density at radius 1 is 0.421 bits per heavy atom. The molecule has 57 heavy (non-hydrogen) atoms. The number of hydrogen-bond acceptors (Lipinski definition) is 6. The first kappa shape index (κ1) is 39.4. The second kappa shape index (κ2) is 16.7. The van der Waals surface area contributed by atoms with E-state index in [1.54, 1.807) is 0 Å². The lowest BCUT2D eigenvalue weighted by molar-refractivity contribution is 0.308. The van der Waals surface area contributed by atoms with Crippen molar-refractivity contribution in [3.05, 3.63) is 177 Å². The maximum absolute atomic E-state index is 6.93. The molecule has 0 saturated carbocycles. The van der Waals surface area contributed by atoms with Gasteiger partial charge >= 0.3 is 15.1 Å². The Balaban J connectivity index is 1.32. The maximum Gasteiger partial charge on any atom is 1.20 e. The third-order valence-corrected chi connectivity index (χ3v) is 11.8. The summed E-state index contributed by atoms with van der Waals surface area (Å²) in [5.74, 6) is 1.97. The fraction of sp³-hybridized carbons (Fsp3) is 0.200. The van der Waals surface area contributed by atoms with Crippen LogP contribution in [0.15, 0.2) is 122 Å². The van der Waals surface area contributed by atoms with Gasteiger partial charge in [-0.2, -0.15) is 0 Å². The Bertz CT molecular complexity index is 2380. The van der Waals surface area contributed by atoms with E-state index in [-0.39, 0.29) is 0 Å². The van der Waals surface area contributed by atoms with Gasteiger partial charge in [-0.1, -0.05) is 71.8 Å². The van der Waals surface area contributed by atoms with Crippen molar-refractivity contribution in [1.82, 2.24) is 9.97 Å². The Labute approximate surface area is 343 Å². The molecule has 5 aromatic carbocycles. The number of nitrogens with zero attached hydrogens (tertiary/aromatic N) is 3. The van der Waals surface area contributed by atoms with Crippen LogP contribution in [0.2, 0.25) is 0 Å². The number of hydrogen-bond donors (Lipinski definition) is 0. The summed E-state index contributed by atoms with van der Waals surface area (Å²) in [6.07, 6.45) is 3.64. The minimum Gasteiger partial charge on any atom is -0.577 e. The van der Waals surface area contributed by atoms with Crippen LogP contribution in [0.3, 0.4) is 0 Å². The molecule has 0 unspecified atom stereocenters. The van der Waals surface area contributed by atoms with E-state index in [0.717, 1.165) is 50.5 Å². The van der Waals surface area contributed by atoms with Gasteiger partial charge in [0.05, 0.1) is 40.0 Å². The maximum atomic E-state index is 6.93. The zero-order valence-corrected chi connectivity index (χ0v) is 35.8. The van der Waals surface area contributed by atoms with Gasteiger partial charge in [-0.15, -0.1) is 0 Å². The van der Waals surface area contributed by atoms with Crippen molar-refractivity contribution in [3.63, 3.8) is 0 Å². The minimum absolute atomic E-state index is 0.650. The lowest BCUT2D eigenvalue weighted by atomic mass is 9.99. The van der Waals surface area contributed by atoms with Crippen LogP contribution >= 0.6 is 0 Å². The van der Waals surface area contributed by atoms with Gasteiger partial charge in [0.2, 0.25) is 0 Å². The third-order valence-electron chi connectivity index (χ3n) is 10.5. The molecule has 0 radical (unpaired) electrons. The average molecular weight is 768 g/mol. The first-order valence-corrected chi connectivity index (χ1v) is 20.9. The molecule has 0 saturated heterocycles. The largest absolute Gasteiger partial charge is 1.20 e. The summed E-state index contributed by atoms with van der Waals surface area (Å²) >= 11 is -3.06. The zero-order valence-electron chi connectivity index (χ0n) is 34.7. The number of pyridine rings is 2. The summed E-state index contributed by atoms with van der Waals surface area (Å²) in [5, 5.41) is 0. The summed E-state index contributed by atoms with van der Waals surface area (Å²) < 4.78 is 20.7. The number of anilines is 3. The number of aromatic nitrogens is 2. The van der Waals surface area contributed by atoms with Gasteiger partial charge in [-0.3, -0.25) is 9.97 Å². The lowest BCUT2D eigenvalue weighted by Gasteiger charge is -2.32. The summed E-state index contributed by atoms with van der Waals surface area (Å²) in [4.78, 5) is 11.9. The summed E-state index contributed by atoms with van der Waals surface area (Å²) in [5.41, 5.74) is 18.5. The Morgan fingerprint density at radius 2 is 0.825 bits per heavy atom. The van der Waals surface area contributed by atoms with Crippen molar-refractivity contribution in [3.8, 4) is 39.8 Å². The van der Waals surface area contributed by atoms with Crippen LogP contribution in [0.5, 0.6) is 17.2 Å². The molecule has 2 heterocycles. The Hall–Kier alpha value is -5.87. The van der Waals surface area contributed by atoms with Crippen LogP contribution in [-0.2, 0) is 0 Å². The van der Waals surface area contributed by atoms with Crippen LogP contribution in [0, 0.1) is 69.2 Å². The highest BCUT2D eigenvalue weighted by Gasteiger charge is 2.46. The van der Waals surface area contributed by atoms with Crippen molar-refractivity contribution >= 4 is 32.2 Å². The van der Waals surface area contributed by atoms with Gasteiger partial charge < -0.3 is 16.3 Å². The highest BCUT2D eigenvalue weighted by Crippen LogP contribution is 2.43. The molecule has 0 fully saturated rings. The lowest BCUT2D eigenvalue weighted by Crippen LogP contribution is -2.37. The summed E-state index contributed by atoms with van der Waals surface area (Å²) in [6.45, 7) is 21.4. The molecule has 0 amide bonds. The number of rotatable bonds is 11. The molecule has 0 aliphatic carbocycles. The van der Waals surface area contributed by atoms with Gasteiger partial charge in [0.1, 0.15) is 0 Å². The van der Waals surface area contributed by atoms with Gasteiger partial charge in [-0.05, 0) is 162 Å². The highest BCUT2D eigenvalue weighted by atomic mass is 27.3. The SMILES string of the molecule is Cc1cc(C)c(N(c2ccc([O][Al]([O]c3cccc(C)c3-c3ncccc3C)[O]c3cccc(C)c3-c3ncccc3C)cc2)c2c(C)cc(C)cc2C)c(C)c1. The number of aryl methyl sites for hydroxylation is 10. The van der Waals surface area contributed by atoms with Gasteiger partial charge in [0.15, 0.2) is 0 Å². The van der Waals surface area contributed by atoms with Crippen LogP contribution in [0.25, 0.3) is 22.5 Å². The smallest absolute Gasteiger partial charge is 0.577 e. The third kappa shape index (κ3) is 8.32. The molecule has 0 aliphatic heterocycles. The van der Waals surface area contributed by atoms with Gasteiger partial charge in [-0.25, -0.2) is 0 Å². The van der Waals surface area contributed by atoms with E-state index in [1.165, 1.54) is 44.8 Å². The van der Waals surface area contributed by atoms with Crippen molar-refractivity contribution in [2.75, 3.05) is 4.90 Å². The van der Waals surface area contributed by atoms with E-state index < -0.39 is 15.1 Å². The molecule has 286 valence electrons. The molecule has 0 atom stereocenters. The van der Waals surface area contributed by atoms with Crippen molar-refractivity contribution in [1.29, 1.82) is 0 Å². The average Bonchev–Trinajstić information content (AvgIpc) is 3.15. The van der Waals surface area contributed by atoms with E-state index in [0.29, 0.717) is 17.2 Å². The van der Waals surface area contributed by atoms with Gasteiger partial charge in [0.25, 0.3) is 0 Å². The van der Waals surface area contributed by atoms with E-state index >= 15 is 0 Å². The van der Waals surface area contributed by atoms with Crippen LogP contribution in [0.1, 0.15) is 55.6 Å². The zero-order chi connectivity index (χ0) is 40.4. The molecule has 0 spiro atoms. The minimum atomic E-state index is -3.06. The van der Waals surface area contributed by atoms with Crippen molar-refractivity contribution in [2.24, 2.45) is 0 Å². The van der Waals surface area contributed by atoms with Crippen molar-refractivity contribution < 1.29 is 11.4 Å². The highest BCUT2D eigenvalue weighted by molar-refractivity contribution is 6.40. The molecule has 2 aromatic heterocycles. The number of benzene rings is 5. The second-order valence-corrected chi connectivity index (χ2v) is 16.5.